The summed E-state index contributed by atoms with van der Waals surface area (Å²) in [6, 6.07) is 7.49. The number of thioether (sulfide) groups is 1. The molecule has 1 amide bonds. The molecule has 1 aromatic carbocycles. The van der Waals surface area contributed by atoms with E-state index in [9.17, 15) is 4.79 Å². The Morgan fingerprint density at radius 3 is 3.14 bits per heavy atom. The molecule has 21 heavy (non-hydrogen) atoms. The van der Waals surface area contributed by atoms with Gasteiger partial charge in [0.2, 0.25) is 11.8 Å². The average Bonchev–Trinajstić information content (AvgIpc) is 2.95. The van der Waals surface area contributed by atoms with Gasteiger partial charge in [-0.25, -0.2) is 0 Å². The maximum atomic E-state index is 11.1. The number of aromatic nitrogens is 2. The average molecular weight is 325 g/mol. The second kappa shape index (κ2) is 6.46. The summed E-state index contributed by atoms with van der Waals surface area (Å²) in [6.45, 7) is 0.724. The van der Waals surface area contributed by atoms with Crippen molar-refractivity contribution in [3.8, 4) is 0 Å². The van der Waals surface area contributed by atoms with E-state index in [4.69, 9.17) is 16.1 Å². The lowest BCUT2D eigenvalue weighted by molar-refractivity contribution is -0.121. The topological polar surface area (TPSA) is 80.1 Å². The van der Waals surface area contributed by atoms with Crippen LogP contribution in [0.25, 0.3) is 0 Å². The molecule has 0 saturated carbocycles. The Hall–Kier alpha value is -1.57. The van der Waals surface area contributed by atoms with Crippen LogP contribution in [0.1, 0.15) is 17.8 Å². The minimum Gasteiger partial charge on any atom is -0.353 e. The second-order valence-electron chi connectivity index (χ2n) is 4.53. The first-order chi connectivity index (χ1) is 10.2. The van der Waals surface area contributed by atoms with Crippen molar-refractivity contribution < 1.29 is 9.32 Å². The number of halogens is 1. The highest BCUT2D eigenvalue weighted by molar-refractivity contribution is 7.98. The van der Waals surface area contributed by atoms with E-state index >= 15 is 0 Å². The Kier molecular flexibility index (Phi) is 4.42. The summed E-state index contributed by atoms with van der Waals surface area (Å²) in [7, 11) is 0. The van der Waals surface area contributed by atoms with Crippen molar-refractivity contribution >= 4 is 29.3 Å². The van der Waals surface area contributed by atoms with E-state index in [0.29, 0.717) is 29.0 Å². The van der Waals surface area contributed by atoms with Crippen molar-refractivity contribution in [2.45, 2.75) is 16.7 Å². The minimum absolute atomic E-state index is 0.0255. The summed E-state index contributed by atoms with van der Waals surface area (Å²) >= 11 is 7.53. The Morgan fingerprint density at radius 2 is 2.38 bits per heavy atom. The lowest BCUT2D eigenvalue weighted by atomic mass is 10.2. The Bertz CT molecular complexity index is 639. The number of amides is 1. The van der Waals surface area contributed by atoms with Crippen molar-refractivity contribution in [2.24, 2.45) is 0 Å². The van der Waals surface area contributed by atoms with Crippen LogP contribution in [-0.2, 0) is 10.5 Å². The molecule has 1 saturated heterocycles. The molecule has 3 rings (SSSR count). The fraction of sp³-hybridized carbons (Fsp3) is 0.308. The van der Waals surface area contributed by atoms with Gasteiger partial charge in [-0.1, -0.05) is 22.8 Å². The standard InChI is InChI=1S/C13H13ClN4O2S/c14-8-2-1-3-9(4-8)21-7-11-17-13(20-18-11)10-5-16-12(19)6-15-10/h1-4,10,15H,5-7H2,(H,16,19). The summed E-state index contributed by atoms with van der Waals surface area (Å²) in [6.07, 6.45) is 0. The molecule has 1 fully saturated rings. The van der Waals surface area contributed by atoms with Crippen LogP contribution in [0.3, 0.4) is 0 Å². The summed E-state index contributed by atoms with van der Waals surface area (Å²) in [5.74, 6) is 1.69. The maximum Gasteiger partial charge on any atom is 0.245 e. The van der Waals surface area contributed by atoms with Crippen molar-refractivity contribution in [2.75, 3.05) is 13.1 Å². The van der Waals surface area contributed by atoms with Gasteiger partial charge in [-0.15, -0.1) is 11.8 Å². The highest BCUT2D eigenvalue weighted by Gasteiger charge is 2.23. The van der Waals surface area contributed by atoms with Gasteiger partial charge in [-0.3, -0.25) is 10.1 Å². The number of benzene rings is 1. The van der Waals surface area contributed by atoms with Crippen LogP contribution < -0.4 is 10.6 Å². The number of hydrogen-bond donors (Lipinski definition) is 2. The minimum atomic E-state index is -0.125. The molecule has 1 aromatic heterocycles. The quantitative estimate of drug-likeness (QED) is 0.834. The van der Waals surface area contributed by atoms with Gasteiger partial charge in [0.05, 0.1) is 12.3 Å². The molecule has 0 bridgehead atoms. The van der Waals surface area contributed by atoms with Crippen molar-refractivity contribution in [1.29, 1.82) is 0 Å². The molecule has 0 spiro atoms. The molecule has 0 aliphatic carbocycles. The van der Waals surface area contributed by atoms with Gasteiger partial charge in [-0.2, -0.15) is 4.98 Å². The molecule has 1 aliphatic rings. The number of nitrogens with one attached hydrogen (secondary N) is 2. The number of rotatable bonds is 4. The highest BCUT2D eigenvalue weighted by Crippen LogP contribution is 2.24. The number of hydrogen-bond acceptors (Lipinski definition) is 6. The van der Waals surface area contributed by atoms with Gasteiger partial charge in [0.1, 0.15) is 6.04 Å². The smallest absolute Gasteiger partial charge is 0.245 e. The van der Waals surface area contributed by atoms with E-state index in [1.165, 1.54) is 0 Å². The Balaban J connectivity index is 1.59. The first-order valence-electron chi connectivity index (χ1n) is 6.41. The molecule has 2 aromatic rings. The first-order valence-corrected chi connectivity index (χ1v) is 7.78. The van der Waals surface area contributed by atoms with E-state index in [2.05, 4.69) is 20.8 Å². The lowest BCUT2D eigenvalue weighted by Gasteiger charge is -2.20. The third-order valence-corrected chi connectivity index (χ3v) is 4.18. The first kappa shape index (κ1) is 14.4. The van der Waals surface area contributed by atoms with E-state index in [-0.39, 0.29) is 18.5 Å². The van der Waals surface area contributed by atoms with E-state index < -0.39 is 0 Å². The van der Waals surface area contributed by atoms with Crippen LogP contribution in [0.4, 0.5) is 0 Å². The molecule has 2 N–H and O–H groups in total. The van der Waals surface area contributed by atoms with Gasteiger partial charge < -0.3 is 9.84 Å². The fourth-order valence-electron chi connectivity index (χ4n) is 1.91. The molecule has 1 aliphatic heterocycles. The molecule has 0 radical (unpaired) electrons. The van der Waals surface area contributed by atoms with Gasteiger partial charge >= 0.3 is 0 Å². The number of nitrogens with zero attached hydrogens (tertiary/aromatic N) is 2. The maximum absolute atomic E-state index is 11.1. The largest absolute Gasteiger partial charge is 0.353 e. The fourth-order valence-corrected chi connectivity index (χ4v) is 2.97. The molecule has 6 nitrogen and oxygen atoms in total. The third-order valence-electron chi connectivity index (χ3n) is 2.96. The van der Waals surface area contributed by atoms with Gasteiger partial charge in [0.15, 0.2) is 5.82 Å². The van der Waals surface area contributed by atoms with Gasteiger partial charge in [0.25, 0.3) is 0 Å². The third kappa shape index (κ3) is 3.75. The molecular weight excluding hydrogens is 312 g/mol. The predicted molar refractivity (Wildman–Crippen MR) is 79.1 cm³/mol. The summed E-state index contributed by atoms with van der Waals surface area (Å²) < 4.78 is 5.24. The molecular formula is C13H13ClN4O2S. The zero-order valence-electron chi connectivity index (χ0n) is 11.0. The van der Waals surface area contributed by atoms with Crippen LogP contribution in [0.2, 0.25) is 5.02 Å². The Labute approximate surface area is 130 Å². The van der Waals surface area contributed by atoms with Crippen LogP contribution >= 0.6 is 23.4 Å². The van der Waals surface area contributed by atoms with Crippen molar-refractivity contribution in [1.82, 2.24) is 20.8 Å². The number of carbonyl (C=O) groups is 1. The summed E-state index contributed by atoms with van der Waals surface area (Å²) in [4.78, 5) is 16.5. The number of carbonyl (C=O) groups excluding carboxylic acids is 1. The zero-order chi connectivity index (χ0) is 14.7. The van der Waals surface area contributed by atoms with Crippen LogP contribution in [-0.4, -0.2) is 29.1 Å². The van der Waals surface area contributed by atoms with Crippen LogP contribution in [0.15, 0.2) is 33.7 Å². The Morgan fingerprint density at radius 1 is 1.48 bits per heavy atom. The molecule has 8 heteroatoms. The summed E-state index contributed by atoms with van der Waals surface area (Å²) in [5.41, 5.74) is 0. The number of piperazine rings is 1. The SMILES string of the molecule is O=C1CNC(c2nc(CSc3cccc(Cl)c3)no2)CN1. The van der Waals surface area contributed by atoms with E-state index in [0.717, 1.165) is 4.90 Å². The molecule has 1 atom stereocenters. The van der Waals surface area contributed by atoms with Crippen molar-refractivity contribution in [3.05, 3.63) is 41.0 Å². The van der Waals surface area contributed by atoms with Crippen molar-refractivity contribution in [3.63, 3.8) is 0 Å². The van der Waals surface area contributed by atoms with Gasteiger partial charge in [-0.05, 0) is 18.2 Å². The van der Waals surface area contributed by atoms with E-state index in [1.807, 2.05) is 24.3 Å². The second-order valence-corrected chi connectivity index (χ2v) is 6.02. The molecule has 2 heterocycles. The molecule has 1 unspecified atom stereocenters. The predicted octanol–water partition coefficient (Wildman–Crippen LogP) is 1.78. The zero-order valence-corrected chi connectivity index (χ0v) is 12.6. The van der Waals surface area contributed by atoms with Crippen LogP contribution in [0.5, 0.6) is 0 Å². The lowest BCUT2D eigenvalue weighted by Crippen LogP contribution is -2.47. The van der Waals surface area contributed by atoms with Crippen LogP contribution in [0, 0.1) is 0 Å². The summed E-state index contributed by atoms with van der Waals surface area (Å²) in [5, 5.41) is 10.5. The monoisotopic (exact) mass is 324 g/mol. The normalized spacial score (nSPS) is 18.5. The van der Waals surface area contributed by atoms with Gasteiger partial charge in [0, 0.05) is 16.5 Å². The molecule has 110 valence electrons. The van der Waals surface area contributed by atoms with E-state index in [1.54, 1.807) is 11.8 Å². The highest BCUT2D eigenvalue weighted by atomic mass is 35.5.